The molecular formula is C16H18FNO2S. The summed E-state index contributed by atoms with van der Waals surface area (Å²) in [6.45, 7) is 3.74. The summed E-state index contributed by atoms with van der Waals surface area (Å²) in [6, 6.07) is 12.0. The summed E-state index contributed by atoms with van der Waals surface area (Å²) in [7, 11) is -3.42. The van der Waals surface area contributed by atoms with Crippen molar-refractivity contribution in [1.82, 2.24) is 4.72 Å². The Hall–Kier alpha value is -1.72. The van der Waals surface area contributed by atoms with Gasteiger partial charge in [-0.2, -0.15) is 0 Å². The lowest BCUT2D eigenvalue weighted by Gasteiger charge is -2.08. The van der Waals surface area contributed by atoms with Gasteiger partial charge in [-0.05, 0) is 36.6 Å². The summed E-state index contributed by atoms with van der Waals surface area (Å²) in [5.41, 5.74) is 3.02. The molecule has 21 heavy (non-hydrogen) atoms. The van der Waals surface area contributed by atoms with E-state index in [0.29, 0.717) is 5.56 Å². The van der Waals surface area contributed by atoms with Crippen molar-refractivity contribution in [3.63, 3.8) is 0 Å². The Labute approximate surface area is 124 Å². The monoisotopic (exact) mass is 307 g/mol. The summed E-state index contributed by atoms with van der Waals surface area (Å²) in [4.78, 5) is 0. The summed E-state index contributed by atoms with van der Waals surface area (Å²) in [5.74, 6) is -0.351. The second-order valence-corrected chi connectivity index (χ2v) is 6.96. The van der Waals surface area contributed by atoms with E-state index >= 15 is 0 Å². The van der Waals surface area contributed by atoms with Gasteiger partial charge in [0.05, 0.1) is 5.75 Å². The molecule has 1 N–H and O–H groups in total. The minimum absolute atomic E-state index is 0.0607. The molecule has 3 nitrogen and oxygen atoms in total. The van der Waals surface area contributed by atoms with Crippen LogP contribution >= 0.6 is 0 Å². The zero-order chi connectivity index (χ0) is 15.5. The Morgan fingerprint density at radius 2 is 1.81 bits per heavy atom. The van der Waals surface area contributed by atoms with Gasteiger partial charge in [-0.1, -0.05) is 42.0 Å². The molecule has 0 spiro atoms. The van der Waals surface area contributed by atoms with Gasteiger partial charge in [-0.15, -0.1) is 0 Å². The van der Waals surface area contributed by atoms with Gasteiger partial charge in [0.25, 0.3) is 0 Å². The molecule has 0 heterocycles. The molecule has 0 saturated heterocycles. The molecule has 5 heteroatoms. The lowest BCUT2D eigenvalue weighted by molar-refractivity contribution is 0.580. The summed E-state index contributed by atoms with van der Waals surface area (Å²) >= 11 is 0. The second kappa shape index (κ2) is 6.37. The van der Waals surface area contributed by atoms with E-state index in [0.717, 1.165) is 16.7 Å². The third kappa shape index (κ3) is 4.65. The molecule has 0 fully saturated rings. The first-order valence-electron chi connectivity index (χ1n) is 6.64. The SMILES string of the molecule is Cc1cccc(CS(=O)(=O)NCc2ccc(F)c(C)c2)c1. The number of hydrogen-bond donors (Lipinski definition) is 1. The van der Waals surface area contributed by atoms with Crippen molar-refractivity contribution in [2.45, 2.75) is 26.1 Å². The van der Waals surface area contributed by atoms with Crippen LogP contribution in [0, 0.1) is 19.7 Å². The summed E-state index contributed by atoms with van der Waals surface area (Å²) in [5, 5.41) is 0. The van der Waals surface area contributed by atoms with Crippen molar-refractivity contribution in [3.8, 4) is 0 Å². The molecular weight excluding hydrogens is 289 g/mol. The van der Waals surface area contributed by atoms with Crippen LogP contribution in [0.2, 0.25) is 0 Å². The van der Waals surface area contributed by atoms with E-state index in [4.69, 9.17) is 0 Å². The minimum atomic E-state index is -3.42. The van der Waals surface area contributed by atoms with Crippen LogP contribution in [-0.4, -0.2) is 8.42 Å². The van der Waals surface area contributed by atoms with Crippen LogP contribution in [0.1, 0.15) is 22.3 Å². The molecule has 0 unspecified atom stereocenters. The van der Waals surface area contributed by atoms with E-state index in [1.54, 1.807) is 25.1 Å². The maximum absolute atomic E-state index is 13.2. The molecule has 0 radical (unpaired) electrons. The highest BCUT2D eigenvalue weighted by Crippen LogP contribution is 2.11. The molecule has 0 saturated carbocycles. The normalized spacial score (nSPS) is 11.6. The lowest BCUT2D eigenvalue weighted by Crippen LogP contribution is -2.24. The molecule has 0 amide bonds. The Kier molecular flexibility index (Phi) is 4.75. The number of benzene rings is 2. The third-order valence-electron chi connectivity index (χ3n) is 3.16. The van der Waals surface area contributed by atoms with Crippen LogP contribution < -0.4 is 4.72 Å². The first-order valence-corrected chi connectivity index (χ1v) is 8.29. The maximum Gasteiger partial charge on any atom is 0.216 e. The van der Waals surface area contributed by atoms with E-state index in [-0.39, 0.29) is 18.1 Å². The zero-order valence-corrected chi connectivity index (χ0v) is 12.9. The standard InChI is InChI=1S/C16H18FNO2S/c1-12-4-3-5-15(8-12)11-21(19,20)18-10-14-6-7-16(17)13(2)9-14/h3-9,18H,10-11H2,1-2H3. The first-order chi connectivity index (χ1) is 9.85. The summed E-state index contributed by atoms with van der Waals surface area (Å²) in [6.07, 6.45) is 0. The van der Waals surface area contributed by atoms with Gasteiger partial charge in [-0.25, -0.2) is 17.5 Å². The largest absolute Gasteiger partial charge is 0.216 e. The van der Waals surface area contributed by atoms with Gasteiger partial charge >= 0.3 is 0 Å². The van der Waals surface area contributed by atoms with Gasteiger partial charge in [0.2, 0.25) is 10.0 Å². The Balaban J connectivity index is 2.02. The van der Waals surface area contributed by atoms with E-state index in [1.807, 2.05) is 25.1 Å². The van der Waals surface area contributed by atoms with E-state index < -0.39 is 10.0 Å². The Morgan fingerprint density at radius 1 is 1.05 bits per heavy atom. The molecule has 2 aromatic carbocycles. The van der Waals surface area contributed by atoms with Crippen molar-refractivity contribution in [3.05, 3.63) is 70.5 Å². The highest BCUT2D eigenvalue weighted by molar-refractivity contribution is 7.88. The number of rotatable bonds is 5. The predicted octanol–water partition coefficient (Wildman–Crippen LogP) is 3.06. The average molecular weight is 307 g/mol. The second-order valence-electron chi connectivity index (χ2n) is 5.15. The summed E-state index contributed by atoms with van der Waals surface area (Å²) < 4.78 is 39.8. The smallest absolute Gasteiger partial charge is 0.212 e. The molecule has 0 aliphatic carbocycles. The van der Waals surface area contributed by atoms with Gasteiger partial charge in [-0.3, -0.25) is 0 Å². The number of sulfonamides is 1. The molecule has 112 valence electrons. The van der Waals surface area contributed by atoms with Gasteiger partial charge < -0.3 is 0 Å². The van der Waals surface area contributed by atoms with Crippen molar-refractivity contribution in [1.29, 1.82) is 0 Å². The molecule has 2 rings (SSSR count). The third-order valence-corrected chi connectivity index (χ3v) is 4.46. The van der Waals surface area contributed by atoms with Crippen molar-refractivity contribution in [2.24, 2.45) is 0 Å². The van der Waals surface area contributed by atoms with E-state index in [2.05, 4.69) is 4.72 Å². The van der Waals surface area contributed by atoms with Crippen LogP contribution in [0.25, 0.3) is 0 Å². The fourth-order valence-electron chi connectivity index (χ4n) is 2.08. The average Bonchev–Trinajstić information content (AvgIpc) is 2.40. The topological polar surface area (TPSA) is 46.2 Å². The van der Waals surface area contributed by atoms with E-state index in [9.17, 15) is 12.8 Å². The predicted molar refractivity (Wildman–Crippen MR) is 81.8 cm³/mol. The van der Waals surface area contributed by atoms with Crippen LogP contribution in [-0.2, 0) is 22.3 Å². The van der Waals surface area contributed by atoms with Crippen LogP contribution in [0.5, 0.6) is 0 Å². The van der Waals surface area contributed by atoms with E-state index in [1.165, 1.54) is 6.07 Å². The highest BCUT2D eigenvalue weighted by Gasteiger charge is 2.11. The van der Waals surface area contributed by atoms with Crippen molar-refractivity contribution in [2.75, 3.05) is 0 Å². The Bertz CT molecular complexity index is 742. The van der Waals surface area contributed by atoms with Crippen molar-refractivity contribution >= 4 is 10.0 Å². The molecule has 0 aliphatic rings. The number of nitrogens with one attached hydrogen (secondary N) is 1. The lowest BCUT2D eigenvalue weighted by atomic mass is 10.1. The fraction of sp³-hybridized carbons (Fsp3) is 0.250. The number of hydrogen-bond acceptors (Lipinski definition) is 2. The molecule has 0 aromatic heterocycles. The molecule has 0 aliphatic heterocycles. The number of aryl methyl sites for hydroxylation is 2. The van der Waals surface area contributed by atoms with Gasteiger partial charge in [0, 0.05) is 6.54 Å². The van der Waals surface area contributed by atoms with Gasteiger partial charge in [0.1, 0.15) is 5.82 Å². The molecule has 2 aromatic rings. The molecule has 0 bridgehead atoms. The van der Waals surface area contributed by atoms with Gasteiger partial charge in [0.15, 0.2) is 0 Å². The van der Waals surface area contributed by atoms with Crippen LogP contribution in [0.4, 0.5) is 4.39 Å². The number of halogens is 1. The van der Waals surface area contributed by atoms with Crippen LogP contribution in [0.3, 0.4) is 0 Å². The highest BCUT2D eigenvalue weighted by atomic mass is 32.2. The maximum atomic E-state index is 13.2. The fourth-order valence-corrected chi connectivity index (χ4v) is 3.19. The quantitative estimate of drug-likeness (QED) is 0.923. The minimum Gasteiger partial charge on any atom is -0.212 e. The molecule has 0 atom stereocenters. The first kappa shape index (κ1) is 15.7. The zero-order valence-electron chi connectivity index (χ0n) is 12.1. The van der Waals surface area contributed by atoms with Crippen molar-refractivity contribution < 1.29 is 12.8 Å². The Morgan fingerprint density at radius 3 is 2.48 bits per heavy atom. The van der Waals surface area contributed by atoms with Crippen LogP contribution in [0.15, 0.2) is 42.5 Å².